The van der Waals surface area contributed by atoms with E-state index in [1.807, 2.05) is 0 Å². The maximum Gasteiger partial charge on any atom is 0.418 e. The standard InChI is InChI=1S/C9H5F6NO2/c1-18-8(17)4-3(9(13,14)15)2-16-6(5(4)10)7(11)12/h2,7H,1H3. The van der Waals surface area contributed by atoms with Gasteiger partial charge in [-0.3, -0.25) is 4.98 Å². The van der Waals surface area contributed by atoms with Gasteiger partial charge < -0.3 is 4.74 Å². The Bertz CT molecular complexity index is 471. The van der Waals surface area contributed by atoms with E-state index in [4.69, 9.17) is 0 Å². The zero-order chi connectivity index (χ0) is 14.1. The zero-order valence-electron chi connectivity index (χ0n) is 8.69. The fourth-order valence-electron chi connectivity index (χ4n) is 1.17. The smallest absolute Gasteiger partial charge is 0.418 e. The van der Waals surface area contributed by atoms with E-state index >= 15 is 0 Å². The van der Waals surface area contributed by atoms with Gasteiger partial charge in [-0.25, -0.2) is 18.0 Å². The second-order valence-corrected chi connectivity index (χ2v) is 3.04. The zero-order valence-corrected chi connectivity index (χ0v) is 8.69. The highest BCUT2D eigenvalue weighted by atomic mass is 19.4. The number of ether oxygens (including phenoxy) is 1. The molecule has 0 fully saturated rings. The molecule has 0 bridgehead atoms. The third-order valence-corrected chi connectivity index (χ3v) is 1.95. The summed E-state index contributed by atoms with van der Waals surface area (Å²) in [5, 5.41) is 0. The fraction of sp³-hybridized carbons (Fsp3) is 0.333. The lowest BCUT2D eigenvalue weighted by atomic mass is 10.1. The minimum atomic E-state index is -5.11. The molecule has 100 valence electrons. The van der Waals surface area contributed by atoms with Gasteiger partial charge in [0.05, 0.1) is 12.7 Å². The molecule has 1 rings (SSSR count). The number of hydrogen-bond donors (Lipinski definition) is 0. The largest absolute Gasteiger partial charge is 0.465 e. The number of carbonyl (C=O) groups is 1. The van der Waals surface area contributed by atoms with Crippen LogP contribution >= 0.6 is 0 Å². The van der Waals surface area contributed by atoms with Crippen molar-refractivity contribution in [3.63, 3.8) is 0 Å². The van der Waals surface area contributed by atoms with Gasteiger partial charge in [0, 0.05) is 6.20 Å². The number of halogens is 6. The molecule has 18 heavy (non-hydrogen) atoms. The number of aromatic nitrogens is 1. The van der Waals surface area contributed by atoms with Gasteiger partial charge in [-0.2, -0.15) is 13.2 Å². The summed E-state index contributed by atoms with van der Waals surface area (Å²) in [6.07, 6.45) is -8.59. The van der Waals surface area contributed by atoms with Crippen LogP contribution in [0.25, 0.3) is 0 Å². The van der Waals surface area contributed by atoms with Crippen molar-refractivity contribution in [2.24, 2.45) is 0 Å². The van der Waals surface area contributed by atoms with Crippen molar-refractivity contribution in [1.82, 2.24) is 4.98 Å². The Morgan fingerprint density at radius 2 is 1.94 bits per heavy atom. The van der Waals surface area contributed by atoms with E-state index in [-0.39, 0.29) is 6.20 Å². The maximum absolute atomic E-state index is 13.4. The molecular formula is C9H5F6NO2. The molecular weight excluding hydrogens is 268 g/mol. The highest BCUT2D eigenvalue weighted by Crippen LogP contribution is 2.35. The van der Waals surface area contributed by atoms with Crippen LogP contribution in [-0.4, -0.2) is 18.1 Å². The van der Waals surface area contributed by atoms with E-state index < -0.39 is 41.2 Å². The molecule has 9 heteroatoms. The van der Waals surface area contributed by atoms with Crippen LogP contribution in [0.3, 0.4) is 0 Å². The second-order valence-electron chi connectivity index (χ2n) is 3.04. The van der Waals surface area contributed by atoms with Crippen molar-refractivity contribution < 1.29 is 35.9 Å². The van der Waals surface area contributed by atoms with Crippen molar-refractivity contribution in [2.45, 2.75) is 12.6 Å². The molecule has 0 atom stereocenters. The molecule has 3 nitrogen and oxygen atoms in total. The molecule has 0 N–H and O–H groups in total. The van der Waals surface area contributed by atoms with Gasteiger partial charge in [-0.15, -0.1) is 0 Å². The number of alkyl halides is 5. The van der Waals surface area contributed by atoms with Crippen molar-refractivity contribution in [2.75, 3.05) is 7.11 Å². The first-order valence-electron chi connectivity index (χ1n) is 4.32. The summed E-state index contributed by atoms with van der Waals surface area (Å²) in [7, 11) is 0.699. The molecule has 0 spiro atoms. The molecule has 0 saturated carbocycles. The number of hydrogen-bond acceptors (Lipinski definition) is 3. The van der Waals surface area contributed by atoms with E-state index in [2.05, 4.69) is 9.72 Å². The molecule has 1 heterocycles. The summed E-state index contributed by atoms with van der Waals surface area (Å²) in [5.41, 5.74) is -4.91. The predicted molar refractivity (Wildman–Crippen MR) is 45.5 cm³/mol. The van der Waals surface area contributed by atoms with E-state index in [9.17, 15) is 31.1 Å². The van der Waals surface area contributed by atoms with Gasteiger partial charge in [-0.05, 0) is 0 Å². The normalized spacial score (nSPS) is 11.8. The monoisotopic (exact) mass is 273 g/mol. The third-order valence-electron chi connectivity index (χ3n) is 1.95. The Balaban J connectivity index is 3.57. The quantitative estimate of drug-likeness (QED) is 0.614. The molecule has 0 radical (unpaired) electrons. The SMILES string of the molecule is COC(=O)c1c(C(F)(F)F)cnc(C(F)F)c1F. The summed E-state index contributed by atoms with van der Waals surface area (Å²) in [4.78, 5) is 13.7. The van der Waals surface area contributed by atoms with Crippen molar-refractivity contribution in [1.29, 1.82) is 0 Å². The lowest BCUT2D eigenvalue weighted by Crippen LogP contribution is -2.18. The van der Waals surface area contributed by atoms with Crippen LogP contribution in [0.5, 0.6) is 0 Å². The Morgan fingerprint density at radius 1 is 1.39 bits per heavy atom. The Morgan fingerprint density at radius 3 is 2.33 bits per heavy atom. The molecule has 0 amide bonds. The molecule has 0 saturated heterocycles. The molecule has 0 unspecified atom stereocenters. The highest BCUT2D eigenvalue weighted by molar-refractivity contribution is 5.91. The van der Waals surface area contributed by atoms with E-state index in [0.717, 1.165) is 0 Å². The Hall–Kier alpha value is -1.80. The van der Waals surface area contributed by atoms with Crippen LogP contribution in [0.1, 0.15) is 28.0 Å². The number of pyridine rings is 1. The number of esters is 1. The van der Waals surface area contributed by atoms with E-state index in [1.54, 1.807) is 0 Å². The first kappa shape index (κ1) is 14.3. The fourth-order valence-corrected chi connectivity index (χ4v) is 1.17. The topological polar surface area (TPSA) is 39.2 Å². The lowest BCUT2D eigenvalue weighted by molar-refractivity contribution is -0.138. The van der Waals surface area contributed by atoms with E-state index in [0.29, 0.717) is 7.11 Å². The lowest BCUT2D eigenvalue weighted by Gasteiger charge is -2.13. The average molecular weight is 273 g/mol. The maximum atomic E-state index is 13.4. The number of methoxy groups -OCH3 is 1. The Kier molecular flexibility index (Phi) is 3.82. The minimum Gasteiger partial charge on any atom is -0.465 e. The molecule has 0 aliphatic carbocycles. The minimum absolute atomic E-state index is 0.0309. The van der Waals surface area contributed by atoms with Gasteiger partial charge in [0.1, 0.15) is 11.3 Å². The van der Waals surface area contributed by atoms with Crippen molar-refractivity contribution in [3.8, 4) is 0 Å². The first-order chi connectivity index (χ1) is 8.20. The summed E-state index contributed by atoms with van der Waals surface area (Å²) >= 11 is 0. The molecule has 1 aromatic rings. The number of rotatable bonds is 2. The van der Waals surface area contributed by atoms with Gasteiger partial charge in [0.2, 0.25) is 0 Å². The third kappa shape index (κ3) is 2.54. The van der Waals surface area contributed by atoms with Gasteiger partial charge >= 0.3 is 12.1 Å². The van der Waals surface area contributed by atoms with Gasteiger partial charge in [0.25, 0.3) is 6.43 Å². The number of carbonyl (C=O) groups excluding carboxylic acids is 1. The predicted octanol–water partition coefficient (Wildman–Crippen LogP) is 2.96. The molecule has 1 aromatic heterocycles. The van der Waals surface area contributed by atoms with E-state index in [1.165, 1.54) is 0 Å². The molecule has 0 aliphatic heterocycles. The summed E-state index contributed by atoms with van der Waals surface area (Å²) in [6.45, 7) is 0. The van der Waals surface area contributed by atoms with Crippen molar-refractivity contribution in [3.05, 3.63) is 28.8 Å². The van der Waals surface area contributed by atoms with Crippen LogP contribution in [-0.2, 0) is 10.9 Å². The molecule has 0 aliphatic rings. The summed E-state index contributed by atoms with van der Waals surface area (Å²) < 4.78 is 79.2. The van der Waals surface area contributed by atoms with Gasteiger partial charge in [-0.1, -0.05) is 0 Å². The van der Waals surface area contributed by atoms with Crippen LogP contribution in [0.4, 0.5) is 26.3 Å². The first-order valence-corrected chi connectivity index (χ1v) is 4.32. The summed E-state index contributed by atoms with van der Waals surface area (Å²) in [6, 6.07) is 0. The van der Waals surface area contributed by atoms with Crippen LogP contribution in [0.2, 0.25) is 0 Å². The van der Waals surface area contributed by atoms with Crippen molar-refractivity contribution >= 4 is 5.97 Å². The van der Waals surface area contributed by atoms with Crippen LogP contribution < -0.4 is 0 Å². The van der Waals surface area contributed by atoms with Crippen LogP contribution in [0, 0.1) is 5.82 Å². The average Bonchev–Trinajstić information content (AvgIpc) is 2.25. The Labute approximate surface area is 96.4 Å². The second kappa shape index (κ2) is 4.83. The van der Waals surface area contributed by atoms with Crippen LogP contribution in [0.15, 0.2) is 6.20 Å². The number of nitrogens with zero attached hydrogens (tertiary/aromatic N) is 1. The molecule has 0 aromatic carbocycles. The van der Waals surface area contributed by atoms with Gasteiger partial charge in [0.15, 0.2) is 5.82 Å². The highest BCUT2D eigenvalue weighted by Gasteiger charge is 2.39. The summed E-state index contributed by atoms with van der Waals surface area (Å²) in [5.74, 6) is -3.74.